The zero-order valence-electron chi connectivity index (χ0n) is 9.68. The van der Waals surface area contributed by atoms with Crippen molar-refractivity contribution in [3.8, 4) is 0 Å². The van der Waals surface area contributed by atoms with Gasteiger partial charge in [-0.25, -0.2) is 8.42 Å². The van der Waals surface area contributed by atoms with Gasteiger partial charge in [0.25, 0.3) is 0 Å². The van der Waals surface area contributed by atoms with Crippen LogP contribution >= 0.6 is 0 Å². The molecule has 4 heteroatoms. The fourth-order valence-corrected chi connectivity index (χ4v) is 2.27. The number of sulfone groups is 1. The number of rotatable bonds is 5. The predicted octanol–water partition coefficient (Wildman–Crippen LogP) is 1.51. The lowest BCUT2D eigenvalue weighted by atomic mass is 9.97. The van der Waals surface area contributed by atoms with Crippen molar-refractivity contribution in [2.45, 2.75) is 19.3 Å². The minimum atomic E-state index is -2.96. The first-order valence-electron chi connectivity index (χ1n) is 5.27. The van der Waals surface area contributed by atoms with Crippen molar-refractivity contribution in [1.82, 2.24) is 0 Å². The van der Waals surface area contributed by atoms with E-state index in [1.165, 1.54) is 6.26 Å². The number of aliphatic hydroxyl groups is 1. The van der Waals surface area contributed by atoms with E-state index < -0.39 is 9.84 Å². The number of hydrogen-bond acceptors (Lipinski definition) is 3. The summed E-state index contributed by atoms with van der Waals surface area (Å²) in [5.74, 6) is 0.0295. The van der Waals surface area contributed by atoms with Gasteiger partial charge in [-0.2, -0.15) is 0 Å². The summed E-state index contributed by atoms with van der Waals surface area (Å²) in [5, 5.41) is 9.25. The third-order valence-corrected chi connectivity index (χ3v) is 3.58. The third-order valence-electron chi connectivity index (χ3n) is 2.61. The third kappa shape index (κ3) is 4.33. The van der Waals surface area contributed by atoms with Crippen molar-refractivity contribution in [2.75, 3.05) is 18.6 Å². The van der Waals surface area contributed by atoms with Gasteiger partial charge in [0.15, 0.2) is 0 Å². The highest BCUT2D eigenvalue weighted by atomic mass is 32.2. The van der Waals surface area contributed by atoms with Gasteiger partial charge >= 0.3 is 0 Å². The van der Waals surface area contributed by atoms with E-state index in [1.807, 2.05) is 31.2 Å². The van der Waals surface area contributed by atoms with Gasteiger partial charge in [0.1, 0.15) is 9.84 Å². The largest absolute Gasteiger partial charge is 0.396 e. The van der Waals surface area contributed by atoms with E-state index in [2.05, 4.69) is 0 Å². The molecule has 3 nitrogen and oxygen atoms in total. The average Bonchev–Trinajstić information content (AvgIpc) is 2.20. The second-order valence-corrected chi connectivity index (χ2v) is 6.47. The first-order chi connectivity index (χ1) is 7.42. The first-order valence-corrected chi connectivity index (χ1v) is 7.33. The van der Waals surface area contributed by atoms with Gasteiger partial charge in [-0.1, -0.05) is 29.8 Å². The molecule has 1 aromatic rings. The highest BCUT2D eigenvalue weighted by Gasteiger charge is 2.13. The van der Waals surface area contributed by atoms with Gasteiger partial charge < -0.3 is 5.11 Å². The molecule has 1 aromatic carbocycles. The summed E-state index contributed by atoms with van der Waals surface area (Å²) in [6.45, 7) is 1.98. The SMILES string of the molecule is Cc1ccc(C(CO)CCS(C)(=O)=O)cc1. The number of benzene rings is 1. The second-order valence-electron chi connectivity index (χ2n) is 4.21. The Morgan fingerprint density at radius 2 is 1.81 bits per heavy atom. The Morgan fingerprint density at radius 3 is 2.25 bits per heavy atom. The summed E-state index contributed by atoms with van der Waals surface area (Å²) in [6.07, 6.45) is 1.69. The Labute approximate surface area is 97.0 Å². The van der Waals surface area contributed by atoms with Crippen molar-refractivity contribution in [2.24, 2.45) is 0 Å². The van der Waals surface area contributed by atoms with Gasteiger partial charge in [0, 0.05) is 18.8 Å². The molecule has 0 saturated heterocycles. The summed E-state index contributed by atoms with van der Waals surface area (Å²) in [7, 11) is -2.96. The zero-order valence-corrected chi connectivity index (χ0v) is 10.5. The Hall–Kier alpha value is -0.870. The van der Waals surface area contributed by atoms with E-state index in [4.69, 9.17) is 0 Å². The second kappa shape index (κ2) is 5.46. The smallest absolute Gasteiger partial charge is 0.147 e. The Bertz CT molecular complexity index is 420. The number of aliphatic hydroxyl groups excluding tert-OH is 1. The zero-order chi connectivity index (χ0) is 12.2. The van der Waals surface area contributed by atoms with Gasteiger partial charge in [0.2, 0.25) is 0 Å². The normalized spacial score (nSPS) is 13.7. The molecule has 1 unspecified atom stereocenters. The Morgan fingerprint density at radius 1 is 1.25 bits per heavy atom. The van der Waals surface area contributed by atoms with Crippen molar-refractivity contribution in [1.29, 1.82) is 0 Å². The van der Waals surface area contributed by atoms with Crippen molar-refractivity contribution >= 4 is 9.84 Å². The Balaban J connectivity index is 2.71. The maximum absolute atomic E-state index is 11.1. The molecule has 0 aliphatic carbocycles. The highest BCUT2D eigenvalue weighted by Crippen LogP contribution is 2.20. The minimum Gasteiger partial charge on any atom is -0.396 e. The molecule has 90 valence electrons. The molecule has 16 heavy (non-hydrogen) atoms. The van der Waals surface area contributed by atoms with Crippen molar-refractivity contribution in [3.63, 3.8) is 0 Å². The molecule has 1 N–H and O–H groups in total. The lowest BCUT2D eigenvalue weighted by molar-refractivity contribution is 0.262. The molecule has 1 atom stereocenters. The topological polar surface area (TPSA) is 54.4 Å². The maximum atomic E-state index is 11.1. The first kappa shape index (κ1) is 13.2. The van der Waals surface area contributed by atoms with Crippen LogP contribution in [0.25, 0.3) is 0 Å². The maximum Gasteiger partial charge on any atom is 0.147 e. The van der Waals surface area contributed by atoms with Crippen LogP contribution in [0.15, 0.2) is 24.3 Å². The summed E-state index contributed by atoms with van der Waals surface area (Å²) >= 11 is 0. The molecular formula is C12H18O3S. The van der Waals surface area contributed by atoms with Crippen LogP contribution in [-0.2, 0) is 9.84 Å². The fourth-order valence-electron chi connectivity index (χ4n) is 1.56. The molecule has 0 saturated carbocycles. The molecule has 0 aliphatic rings. The van der Waals surface area contributed by atoms with Crippen LogP contribution in [0, 0.1) is 6.92 Å². The molecule has 0 bridgehead atoms. The van der Waals surface area contributed by atoms with Gasteiger partial charge in [0.05, 0.1) is 5.75 Å². The molecule has 0 fully saturated rings. The van der Waals surface area contributed by atoms with E-state index in [0.29, 0.717) is 6.42 Å². The summed E-state index contributed by atoms with van der Waals surface area (Å²) in [5.41, 5.74) is 2.15. The van der Waals surface area contributed by atoms with E-state index in [9.17, 15) is 13.5 Å². The van der Waals surface area contributed by atoms with Gasteiger partial charge in [-0.3, -0.25) is 0 Å². The van der Waals surface area contributed by atoms with E-state index in [0.717, 1.165) is 11.1 Å². The van der Waals surface area contributed by atoms with Gasteiger partial charge in [-0.05, 0) is 18.9 Å². The van der Waals surface area contributed by atoms with E-state index >= 15 is 0 Å². The van der Waals surface area contributed by atoms with Crippen LogP contribution in [-0.4, -0.2) is 32.1 Å². The summed E-state index contributed by atoms with van der Waals surface area (Å²) < 4.78 is 22.1. The van der Waals surface area contributed by atoms with Gasteiger partial charge in [-0.15, -0.1) is 0 Å². The molecule has 1 rings (SSSR count). The van der Waals surface area contributed by atoms with Crippen LogP contribution in [0.2, 0.25) is 0 Å². The monoisotopic (exact) mass is 242 g/mol. The number of hydrogen-bond donors (Lipinski definition) is 1. The molecule has 0 amide bonds. The quantitative estimate of drug-likeness (QED) is 0.851. The Kier molecular flexibility index (Phi) is 4.50. The molecule has 0 heterocycles. The van der Waals surface area contributed by atoms with E-state index in [1.54, 1.807) is 0 Å². The predicted molar refractivity (Wildman–Crippen MR) is 65.3 cm³/mol. The van der Waals surface area contributed by atoms with Crippen LogP contribution in [0.3, 0.4) is 0 Å². The highest BCUT2D eigenvalue weighted by molar-refractivity contribution is 7.90. The molecule has 0 radical (unpaired) electrons. The molecule has 0 spiro atoms. The summed E-state index contributed by atoms with van der Waals surface area (Å²) in [6, 6.07) is 7.83. The molecule has 0 aliphatic heterocycles. The fraction of sp³-hybridized carbons (Fsp3) is 0.500. The number of aryl methyl sites for hydroxylation is 1. The van der Waals surface area contributed by atoms with E-state index in [-0.39, 0.29) is 18.3 Å². The lowest BCUT2D eigenvalue weighted by Crippen LogP contribution is -2.11. The summed E-state index contributed by atoms with van der Waals surface area (Å²) in [4.78, 5) is 0. The van der Waals surface area contributed by atoms with Crippen LogP contribution in [0.5, 0.6) is 0 Å². The minimum absolute atomic E-state index is 0.0153. The average molecular weight is 242 g/mol. The standard InChI is InChI=1S/C12H18O3S/c1-10-3-5-11(6-4-10)12(9-13)7-8-16(2,14)15/h3-6,12-13H,7-9H2,1-2H3. The molecular weight excluding hydrogens is 224 g/mol. The molecule has 0 aromatic heterocycles. The van der Waals surface area contributed by atoms with Crippen LogP contribution < -0.4 is 0 Å². The van der Waals surface area contributed by atoms with Crippen LogP contribution in [0.1, 0.15) is 23.5 Å². The lowest BCUT2D eigenvalue weighted by Gasteiger charge is -2.14. The van der Waals surface area contributed by atoms with Crippen molar-refractivity contribution in [3.05, 3.63) is 35.4 Å². The van der Waals surface area contributed by atoms with Crippen molar-refractivity contribution < 1.29 is 13.5 Å². The van der Waals surface area contributed by atoms with Crippen LogP contribution in [0.4, 0.5) is 0 Å².